The molecule has 0 aliphatic carbocycles. The SMILES string of the molecule is CN(C)C(=O)CNC(=O)COC(=O)/C=C/c1cccc(Br)c1. The van der Waals surface area contributed by atoms with Gasteiger partial charge in [-0.25, -0.2) is 4.79 Å². The second-order valence-electron chi connectivity index (χ2n) is 4.56. The highest BCUT2D eigenvalue weighted by Gasteiger charge is 2.08. The molecule has 0 aliphatic rings. The number of nitrogens with one attached hydrogen (secondary N) is 1. The zero-order chi connectivity index (χ0) is 16.5. The number of rotatable bonds is 6. The Morgan fingerprint density at radius 2 is 2.05 bits per heavy atom. The third-order valence-electron chi connectivity index (χ3n) is 2.54. The minimum atomic E-state index is -0.630. The predicted molar refractivity (Wildman–Crippen MR) is 85.8 cm³/mol. The number of carbonyl (C=O) groups excluding carboxylic acids is 3. The summed E-state index contributed by atoms with van der Waals surface area (Å²) in [7, 11) is 3.17. The van der Waals surface area contributed by atoms with E-state index in [1.54, 1.807) is 20.2 Å². The van der Waals surface area contributed by atoms with Crippen LogP contribution in [-0.4, -0.2) is 49.9 Å². The first-order chi connectivity index (χ1) is 10.4. The molecular weight excluding hydrogens is 352 g/mol. The fourth-order valence-corrected chi connectivity index (χ4v) is 1.76. The number of carbonyl (C=O) groups is 3. The zero-order valence-corrected chi connectivity index (χ0v) is 13.9. The van der Waals surface area contributed by atoms with Crippen LogP contribution in [-0.2, 0) is 19.1 Å². The van der Waals surface area contributed by atoms with E-state index >= 15 is 0 Å². The number of hydrogen-bond acceptors (Lipinski definition) is 4. The Hall–Kier alpha value is -2.15. The molecule has 0 fully saturated rings. The van der Waals surface area contributed by atoms with Crippen LogP contribution in [0.2, 0.25) is 0 Å². The molecule has 1 N–H and O–H groups in total. The van der Waals surface area contributed by atoms with E-state index in [2.05, 4.69) is 21.2 Å². The van der Waals surface area contributed by atoms with Gasteiger partial charge in [0.05, 0.1) is 6.54 Å². The first kappa shape index (κ1) is 17.9. The van der Waals surface area contributed by atoms with Crippen molar-refractivity contribution in [3.63, 3.8) is 0 Å². The van der Waals surface area contributed by atoms with Gasteiger partial charge >= 0.3 is 5.97 Å². The van der Waals surface area contributed by atoms with Crippen molar-refractivity contribution in [3.05, 3.63) is 40.4 Å². The fraction of sp³-hybridized carbons (Fsp3) is 0.267. The largest absolute Gasteiger partial charge is 0.452 e. The first-order valence-electron chi connectivity index (χ1n) is 6.45. The van der Waals surface area contributed by atoms with Crippen molar-refractivity contribution in [2.75, 3.05) is 27.2 Å². The minimum Gasteiger partial charge on any atom is -0.452 e. The molecule has 0 aliphatic heterocycles. The summed E-state index contributed by atoms with van der Waals surface area (Å²) in [4.78, 5) is 35.5. The van der Waals surface area contributed by atoms with E-state index in [0.29, 0.717) is 0 Å². The van der Waals surface area contributed by atoms with Gasteiger partial charge in [0.15, 0.2) is 6.61 Å². The van der Waals surface area contributed by atoms with Crippen LogP contribution in [0.1, 0.15) is 5.56 Å². The van der Waals surface area contributed by atoms with Gasteiger partial charge < -0.3 is 15.0 Å². The summed E-state index contributed by atoms with van der Waals surface area (Å²) >= 11 is 3.32. The second kappa shape index (κ2) is 8.99. The van der Waals surface area contributed by atoms with E-state index in [9.17, 15) is 14.4 Å². The van der Waals surface area contributed by atoms with Crippen molar-refractivity contribution < 1.29 is 19.1 Å². The Labute approximate surface area is 137 Å². The van der Waals surface area contributed by atoms with Crippen LogP contribution in [0.25, 0.3) is 6.08 Å². The highest BCUT2D eigenvalue weighted by atomic mass is 79.9. The van der Waals surface area contributed by atoms with E-state index in [0.717, 1.165) is 10.0 Å². The van der Waals surface area contributed by atoms with Gasteiger partial charge in [-0.15, -0.1) is 0 Å². The monoisotopic (exact) mass is 368 g/mol. The lowest BCUT2D eigenvalue weighted by Gasteiger charge is -2.10. The quantitative estimate of drug-likeness (QED) is 0.604. The lowest BCUT2D eigenvalue weighted by Crippen LogP contribution is -2.38. The minimum absolute atomic E-state index is 0.128. The summed E-state index contributed by atoms with van der Waals surface area (Å²) < 4.78 is 5.67. The van der Waals surface area contributed by atoms with Crippen molar-refractivity contribution in [2.45, 2.75) is 0 Å². The average Bonchev–Trinajstić information content (AvgIpc) is 2.48. The number of ether oxygens (including phenoxy) is 1. The molecule has 118 valence electrons. The number of likely N-dealkylation sites (N-methyl/N-ethyl adjacent to an activating group) is 1. The van der Waals surface area contributed by atoms with Gasteiger partial charge in [-0.2, -0.15) is 0 Å². The Kier molecular flexibility index (Phi) is 7.31. The van der Waals surface area contributed by atoms with Gasteiger partial charge in [0.25, 0.3) is 5.91 Å². The van der Waals surface area contributed by atoms with Crippen LogP contribution in [0.4, 0.5) is 0 Å². The van der Waals surface area contributed by atoms with Crippen molar-refractivity contribution in [1.29, 1.82) is 0 Å². The third-order valence-corrected chi connectivity index (χ3v) is 3.03. The molecule has 0 aromatic heterocycles. The molecule has 1 aromatic carbocycles. The maximum absolute atomic E-state index is 11.5. The molecule has 0 spiro atoms. The number of esters is 1. The van der Waals surface area contributed by atoms with Crippen LogP contribution in [0, 0.1) is 0 Å². The summed E-state index contributed by atoms with van der Waals surface area (Å²) in [5.74, 6) is -1.40. The molecule has 0 bridgehead atoms. The summed E-state index contributed by atoms with van der Waals surface area (Å²) in [5, 5.41) is 2.36. The maximum Gasteiger partial charge on any atom is 0.331 e. The molecule has 1 rings (SSSR count). The lowest BCUT2D eigenvalue weighted by molar-refractivity contribution is -0.144. The highest BCUT2D eigenvalue weighted by Crippen LogP contribution is 2.12. The molecule has 0 heterocycles. The smallest absolute Gasteiger partial charge is 0.331 e. The normalized spacial score (nSPS) is 10.3. The summed E-state index contributed by atoms with van der Waals surface area (Å²) in [6.45, 7) is -0.556. The first-order valence-corrected chi connectivity index (χ1v) is 7.25. The third kappa shape index (κ3) is 7.03. The van der Waals surface area contributed by atoms with Crippen LogP contribution in [0.5, 0.6) is 0 Å². The number of nitrogens with zero attached hydrogens (tertiary/aromatic N) is 1. The Balaban J connectivity index is 2.33. The fourth-order valence-electron chi connectivity index (χ4n) is 1.34. The topological polar surface area (TPSA) is 75.7 Å². The van der Waals surface area contributed by atoms with Gasteiger partial charge in [0.1, 0.15) is 0 Å². The summed E-state index contributed by atoms with van der Waals surface area (Å²) in [6, 6.07) is 7.37. The van der Waals surface area contributed by atoms with Crippen LogP contribution >= 0.6 is 15.9 Å². The second-order valence-corrected chi connectivity index (χ2v) is 5.48. The molecule has 0 radical (unpaired) electrons. The van der Waals surface area contributed by atoms with E-state index in [1.807, 2.05) is 24.3 Å². The van der Waals surface area contributed by atoms with E-state index in [-0.39, 0.29) is 12.5 Å². The molecule has 0 atom stereocenters. The van der Waals surface area contributed by atoms with E-state index in [1.165, 1.54) is 11.0 Å². The Morgan fingerprint density at radius 1 is 1.32 bits per heavy atom. The molecule has 0 saturated carbocycles. The van der Waals surface area contributed by atoms with Crippen LogP contribution in [0.15, 0.2) is 34.8 Å². The van der Waals surface area contributed by atoms with Gasteiger partial charge in [0.2, 0.25) is 5.91 Å². The Morgan fingerprint density at radius 3 is 2.68 bits per heavy atom. The van der Waals surface area contributed by atoms with Crippen LogP contribution < -0.4 is 5.32 Å². The molecule has 7 heteroatoms. The molecule has 22 heavy (non-hydrogen) atoms. The van der Waals surface area contributed by atoms with Gasteiger partial charge in [-0.1, -0.05) is 28.1 Å². The highest BCUT2D eigenvalue weighted by molar-refractivity contribution is 9.10. The zero-order valence-electron chi connectivity index (χ0n) is 12.3. The van der Waals surface area contributed by atoms with E-state index < -0.39 is 18.5 Å². The molecule has 2 amide bonds. The van der Waals surface area contributed by atoms with Crippen molar-refractivity contribution in [2.24, 2.45) is 0 Å². The number of benzene rings is 1. The molecule has 1 aromatic rings. The summed E-state index contributed by atoms with van der Waals surface area (Å²) in [6.07, 6.45) is 2.82. The van der Waals surface area contributed by atoms with Crippen LogP contribution in [0.3, 0.4) is 0 Å². The van der Waals surface area contributed by atoms with E-state index in [4.69, 9.17) is 4.74 Å². The standard InChI is InChI=1S/C15H17BrN2O4/c1-18(2)14(20)9-17-13(19)10-22-15(21)7-6-11-4-3-5-12(16)8-11/h3-8H,9-10H2,1-2H3,(H,17,19)/b7-6+. The Bertz CT molecular complexity index is 585. The molecular formula is C15H17BrN2O4. The van der Waals surface area contributed by atoms with Crippen molar-refractivity contribution in [1.82, 2.24) is 10.2 Å². The molecule has 6 nitrogen and oxygen atoms in total. The van der Waals surface area contributed by atoms with Gasteiger partial charge in [-0.05, 0) is 23.8 Å². The predicted octanol–water partition coefficient (Wildman–Crippen LogP) is 1.21. The van der Waals surface area contributed by atoms with Gasteiger partial charge in [-0.3, -0.25) is 9.59 Å². The van der Waals surface area contributed by atoms with Crippen molar-refractivity contribution in [3.8, 4) is 0 Å². The average molecular weight is 369 g/mol. The maximum atomic E-state index is 11.5. The lowest BCUT2D eigenvalue weighted by atomic mass is 10.2. The molecule has 0 saturated heterocycles. The molecule has 0 unspecified atom stereocenters. The number of amides is 2. The number of halogens is 1. The number of hydrogen-bond donors (Lipinski definition) is 1. The van der Waals surface area contributed by atoms with Crippen molar-refractivity contribution >= 4 is 39.8 Å². The van der Waals surface area contributed by atoms with Gasteiger partial charge in [0, 0.05) is 24.6 Å². The summed E-state index contributed by atoms with van der Waals surface area (Å²) in [5.41, 5.74) is 0.826.